The number of nitrogens with zero attached hydrogens (tertiary/aromatic N) is 2. The summed E-state index contributed by atoms with van der Waals surface area (Å²) in [5, 5.41) is 1.98. The highest BCUT2D eigenvalue weighted by Gasteiger charge is 2.17. The number of fused-ring (bicyclic) bond motifs is 1. The van der Waals surface area contributed by atoms with Gasteiger partial charge in [0.2, 0.25) is 0 Å². The van der Waals surface area contributed by atoms with Crippen LogP contribution >= 0.6 is 22.6 Å². The number of halogens is 2. The second kappa shape index (κ2) is 7.91. The molecule has 0 radical (unpaired) electrons. The molecule has 0 aliphatic carbocycles. The van der Waals surface area contributed by atoms with Crippen molar-refractivity contribution in [2.24, 2.45) is 0 Å². The zero-order valence-electron chi connectivity index (χ0n) is 13.9. The summed E-state index contributed by atoms with van der Waals surface area (Å²) < 4.78 is 13.5. The van der Waals surface area contributed by atoms with Crippen molar-refractivity contribution in [3.05, 3.63) is 63.9 Å². The number of benzene rings is 2. The maximum Gasteiger partial charge on any atom is 0.272 e. The Labute approximate surface area is 160 Å². The lowest BCUT2D eigenvalue weighted by Crippen LogP contribution is -2.28. The van der Waals surface area contributed by atoms with Crippen LogP contribution in [0.25, 0.3) is 22.0 Å². The highest BCUT2D eigenvalue weighted by atomic mass is 127. The first-order valence-corrected chi connectivity index (χ1v) is 9.16. The van der Waals surface area contributed by atoms with Crippen LogP contribution in [0.15, 0.2) is 54.6 Å². The van der Waals surface area contributed by atoms with Crippen LogP contribution < -0.4 is 0 Å². The number of amides is 1. The molecule has 5 heteroatoms. The van der Waals surface area contributed by atoms with Gasteiger partial charge in [-0.15, -0.1) is 0 Å². The van der Waals surface area contributed by atoms with E-state index in [1.165, 1.54) is 4.90 Å². The van der Waals surface area contributed by atoms with E-state index in [0.29, 0.717) is 18.7 Å². The fourth-order valence-electron chi connectivity index (χ4n) is 2.76. The van der Waals surface area contributed by atoms with E-state index in [9.17, 15) is 9.18 Å². The Morgan fingerprint density at radius 3 is 2.64 bits per heavy atom. The average molecular weight is 448 g/mol. The molecule has 2 aromatic carbocycles. The summed E-state index contributed by atoms with van der Waals surface area (Å²) in [7, 11) is 1.68. The maximum absolute atomic E-state index is 12.7. The lowest BCUT2D eigenvalue weighted by Gasteiger charge is -2.17. The summed E-state index contributed by atoms with van der Waals surface area (Å²) in [6.07, 6.45) is 0.333. The highest BCUT2D eigenvalue weighted by molar-refractivity contribution is 14.1. The van der Waals surface area contributed by atoms with E-state index >= 15 is 0 Å². The number of carbonyl (C=O) groups excluding carboxylic acids is 1. The molecule has 3 rings (SSSR count). The van der Waals surface area contributed by atoms with Gasteiger partial charge in [-0.25, -0.2) is 4.98 Å². The fourth-order valence-corrected chi connectivity index (χ4v) is 3.40. The molecular weight excluding hydrogens is 430 g/mol. The molecule has 1 aromatic heterocycles. The minimum absolute atomic E-state index is 0.189. The summed E-state index contributed by atoms with van der Waals surface area (Å²) in [6, 6.07) is 17.7. The molecule has 128 valence electrons. The number of carbonyl (C=O) groups is 1. The number of hydrogen-bond acceptors (Lipinski definition) is 2. The van der Waals surface area contributed by atoms with Crippen LogP contribution in [0.2, 0.25) is 0 Å². The van der Waals surface area contributed by atoms with Crippen LogP contribution in [0.3, 0.4) is 0 Å². The van der Waals surface area contributed by atoms with Gasteiger partial charge in [0.15, 0.2) is 0 Å². The van der Waals surface area contributed by atoms with Gasteiger partial charge in [0, 0.05) is 28.1 Å². The number of pyridine rings is 1. The fraction of sp³-hybridized carbons (Fsp3) is 0.200. The smallest absolute Gasteiger partial charge is 0.272 e. The minimum Gasteiger partial charge on any atom is -0.340 e. The third kappa shape index (κ3) is 3.81. The molecule has 0 bridgehead atoms. The monoisotopic (exact) mass is 448 g/mol. The van der Waals surface area contributed by atoms with E-state index in [1.807, 2.05) is 54.6 Å². The Morgan fingerprint density at radius 1 is 1.16 bits per heavy atom. The van der Waals surface area contributed by atoms with Crippen molar-refractivity contribution in [2.75, 3.05) is 20.3 Å². The van der Waals surface area contributed by atoms with Gasteiger partial charge >= 0.3 is 0 Å². The molecule has 0 saturated carbocycles. The van der Waals surface area contributed by atoms with Crippen LogP contribution in [0.1, 0.15) is 16.9 Å². The predicted molar refractivity (Wildman–Crippen MR) is 107 cm³/mol. The number of alkyl halides is 1. The first kappa shape index (κ1) is 17.8. The largest absolute Gasteiger partial charge is 0.340 e. The second-order valence-corrected chi connectivity index (χ2v) is 6.99. The normalized spacial score (nSPS) is 10.8. The van der Waals surface area contributed by atoms with Crippen molar-refractivity contribution in [1.29, 1.82) is 0 Å². The molecule has 0 atom stereocenters. The third-order valence-electron chi connectivity index (χ3n) is 4.06. The van der Waals surface area contributed by atoms with Crippen LogP contribution in [-0.2, 0) is 0 Å². The van der Waals surface area contributed by atoms with Gasteiger partial charge in [0.05, 0.1) is 12.4 Å². The molecule has 25 heavy (non-hydrogen) atoms. The summed E-state index contributed by atoms with van der Waals surface area (Å²) in [4.78, 5) is 18.9. The molecule has 0 saturated heterocycles. The Hall–Kier alpha value is -2.02. The van der Waals surface area contributed by atoms with E-state index < -0.39 is 6.67 Å². The van der Waals surface area contributed by atoms with Crippen LogP contribution in [-0.4, -0.2) is 36.1 Å². The molecular formula is C20H18FIN2O. The van der Waals surface area contributed by atoms with E-state index in [-0.39, 0.29) is 5.91 Å². The van der Waals surface area contributed by atoms with Crippen molar-refractivity contribution in [3.8, 4) is 11.3 Å². The average Bonchev–Trinajstić information content (AvgIpc) is 2.65. The molecule has 1 heterocycles. The SMILES string of the molecule is CN(CCCF)C(=O)c1cc2ccccc2c(-c2ccccc2I)n1. The molecule has 0 unspecified atom stereocenters. The molecule has 0 aliphatic heterocycles. The van der Waals surface area contributed by atoms with Gasteiger partial charge in [-0.3, -0.25) is 9.18 Å². The van der Waals surface area contributed by atoms with Crippen molar-refractivity contribution in [3.63, 3.8) is 0 Å². The van der Waals surface area contributed by atoms with Gasteiger partial charge < -0.3 is 4.90 Å². The lowest BCUT2D eigenvalue weighted by atomic mass is 10.0. The Bertz CT molecular complexity index is 913. The summed E-state index contributed by atoms with van der Waals surface area (Å²) in [6.45, 7) is -0.0573. The number of hydrogen-bond donors (Lipinski definition) is 0. The van der Waals surface area contributed by atoms with Crippen molar-refractivity contribution in [1.82, 2.24) is 9.88 Å². The second-order valence-electron chi connectivity index (χ2n) is 5.83. The lowest BCUT2D eigenvalue weighted by molar-refractivity contribution is 0.0786. The quantitative estimate of drug-likeness (QED) is 0.519. The van der Waals surface area contributed by atoms with Crippen LogP contribution in [0.5, 0.6) is 0 Å². The Kier molecular flexibility index (Phi) is 5.63. The van der Waals surface area contributed by atoms with Gasteiger partial charge in [-0.05, 0) is 46.5 Å². The standard InChI is InChI=1S/C20H18FIN2O/c1-24(12-6-11-21)20(25)18-13-14-7-2-3-8-15(14)19(23-18)16-9-4-5-10-17(16)22/h2-5,7-10,13H,6,11-12H2,1H3. The van der Waals surface area contributed by atoms with Crippen molar-refractivity contribution < 1.29 is 9.18 Å². The van der Waals surface area contributed by atoms with E-state index in [1.54, 1.807) is 7.05 Å². The Morgan fingerprint density at radius 2 is 1.88 bits per heavy atom. The minimum atomic E-state index is -0.434. The van der Waals surface area contributed by atoms with E-state index in [2.05, 4.69) is 27.6 Å². The molecule has 3 nitrogen and oxygen atoms in total. The zero-order chi connectivity index (χ0) is 17.8. The topological polar surface area (TPSA) is 33.2 Å². The van der Waals surface area contributed by atoms with E-state index in [0.717, 1.165) is 25.6 Å². The summed E-state index contributed by atoms with van der Waals surface area (Å²) >= 11 is 2.28. The predicted octanol–water partition coefficient (Wildman–Crippen LogP) is 4.94. The van der Waals surface area contributed by atoms with E-state index in [4.69, 9.17) is 0 Å². The van der Waals surface area contributed by atoms with Gasteiger partial charge in [0.25, 0.3) is 5.91 Å². The molecule has 1 amide bonds. The summed E-state index contributed by atoms with van der Waals surface area (Å²) in [5.41, 5.74) is 2.18. The van der Waals surface area contributed by atoms with Gasteiger partial charge in [0.1, 0.15) is 5.69 Å². The van der Waals surface area contributed by atoms with Crippen LogP contribution in [0, 0.1) is 3.57 Å². The molecule has 0 spiro atoms. The molecule has 0 fully saturated rings. The number of aromatic nitrogens is 1. The molecule has 3 aromatic rings. The third-order valence-corrected chi connectivity index (χ3v) is 5.00. The summed E-state index contributed by atoms with van der Waals surface area (Å²) in [5.74, 6) is -0.189. The molecule has 0 aliphatic rings. The van der Waals surface area contributed by atoms with Crippen molar-refractivity contribution in [2.45, 2.75) is 6.42 Å². The number of rotatable bonds is 5. The Balaban J connectivity index is 2.13. The maximum atomic E-state index is 12.7. The van der Waals surface area contributed by atoms with Gasteiger partial charge in [-0.1, -0.05) is 42.5 Å². The first-order valence-electron chi connectivity index (χ1n) is 8.08. The highest BCUT2D eigenvalue weighted by Crippen LogP contribution is 2.31. The zero-order valence-corrected chi connectivity index (χ0v) is 16.0. The molecule has 0 N–H and O–H groups in total. The van der Waals surface area contributed by atoms with Crippen molar-refractivity contribution >= 4 is 39.3 Å². The first-order chi connectivity index (χ1) is 12.1. The van der Waals surface area contributed by atoms with Gasteiger partial charge in [-0.2, -0.15) is 0 Å². The van der Waals surface area contributed by atoms with Crippen LogP contribution in [0.4, 0.5) is 4.39 Å².